The third-order valence-corrected chi connectivity index (χ3v) is 4.26. The van der Waals surface area contributed by atoms with Crippen LogP contribution in [0.4, 0.5) is 14.5 Å². The van der Waals surface area contributed by atoms with E-state index in [1.807, 2.05) is 0 Å². The molecule has 0 radical (unpaired) electrons. The van der Waals surface area contributed by atoms with E-state index in [0.717, 1.165) is 5.01 Å². The number of hydrogen-bond donors (Lipinski definition) is 3. The van der Waals surface area contributed by atoms with E-state index in [4.69, 9.17) is 17.4 Å². The summed E-state index contributed by atoms with van der Waals surface area (Å²) in [5.41, 5.74) is 1.49. The first kappa shape index (κ1) is 23.2. The summed E-state index contributed by atoms with van der Waals surface area (Å²) in [5.74, 6) is 5.88. The lowest BCUT2D eigenvalue weighted by atomic mass is 10.2. The van der Waals surface area contributed by atoms with E-state index >= 15 is 0 Å². The molecule has 1 aromatic heterocycles. The second-order valence-corrected chi connectivity index (χ2v) is 7.12. The van der Waals surface area contributed by atoms with Crippen LogP contribution in [0.5, 0.6) is 11.5 Å². The fourth-order valence-corrected chi connectivity index (χ4v) is 3.13. The minimum atomic E-state index is -3.72. The van der Waals surface area contributed by atoms with Gasteiger partial charge in [0.1, 0.15) is 17.5 Å². The smallest absolute Gasteiger partial charge is 0.395 e. The van der Waals surface area contributed by atoms with Crippen LogP contribution in [0, 0.1) is 6.92 Å². The van der Waals surface area contributed by atoms with Crippen LogP contribution >= 0.6 is 11.6 Å². The first-order valence-corrected chi connectivity index (χ1v) is 9.82. The van der Waals surface area contributed by atoms with Crippen molar-refractivity contribution >= 4 is 29.0 Å². The van der Waals surface area contributed by atoms with E-state index in [1.54, 1.807) is 26.0 Å². The predicted octanol–water partition coefficient (Wildman–Crippen LogP) is 3.01. The van der Waals surface area contributed by atoms with Gasteiger partial charge >= 0.3 is 6.29 Å². The van der Waals surface area contributed by atoms with Gasteiger partial charge in [-0.1, -0.05) is 18.2 Å². The summed E-state index contributed by atoms with van der Waals surface area (Å²) in [5, 5.41) is 6.88. The third-order valence-electron chi connectivity index (χ3n) is 4.07. The number of benzene rings is 1. The second kappa shape index (κ2) is 9.37. The number of likely N-dealkylation sites (N-methyl/N-ethyl adjacent to an activating group) is 1. The minimum Gasteiger partial charge on any atom is -0.395 e. The summed E-state index contributed by atoms with van der Waals surface area (Å²) in [6.45, 7) is 7.62. The van der Waals surface area contributed by atoms with E-state index in [0.29, 0.717) is 23.5 Å². The average Bonchev–Trinajstić information content (AvgIpc) is 2.98. The standard InChI is InChI=1S/C20H21ClF2N6O3/c1-4-25-18(30)10-29(24)19(13-7-11(2)26-17(21)8-13)28-12(3)27-14-5-6-15-16(9-14)32-20(22,23)31-15/h5-9,27H,3-4,10,24H2,1-2H3,(H,25,30). The van der Waals surface area contributed by atoms with Crippen LogP contribution in [0.1, 0.15) is 18.2 Å². The number of amidine groups is 1. The number of aryl methyl sites for hydroxylation is 1. The number of carbonyl (C=O) groups excluding carboxylic acids is 1. The number of anilines is 1. The quantitative estimate of drug-likeness (QED) is 0.189. The molecule has 2 heterocycles. The Morgan fingerprint density at radius 1 is 1.31 bits per heavy atom. The van der Waals surface area contributed by atoms with Crippen LogP contribution in [-0.4, -0.2) is 41.1 Å². The summed E-state index contributed by atoms with van der Waals surface area (Å²) in [6.07, 6.45) is -3.72. The number of alkyl halides is 2. The average molecular weight is 467 g/mol. The topological polar surface area (TPSA) is 114 Å². The summed E-state index contributed by atoms with van der Waals surface area (Å²) in [4.78, 5) is 20.5. The van der Waals surface area contributed by atoms with Gasteiger partial charge in [0.15, 0.2) is 17.3 Å². The number of halogens is 3. The highest BCUT2D eigenvalue weighted by atomic mass is 35.5. The van der Waals surface area contributed by atoms with Crippen molar-refractivity contribution in [3.05, 3.63) is 59.1 Å². The van der Waals surface area contributed by atoms with E-state index in [1.165, 1.54) is 18.2 Å². The SMILES string of the molecule is C=C(N=C(c1cc(C)nc(Cl)c1)N(N)CC(=O)NCC)Nc1ccc2c(c1)OC(F)(F)O2. The molecule has 9 nitrogen and oxygen atoms in total. The van der Waals surface area contributed by atoms with Gasteiger partial charge in [0.25, 0.3) is 0 Å². The van der Waals surface area contributed by atoms with Crippen molar-refractivity contribution in [2.24, 2.45) is 10.8 Å². The van der Waals surface area contributed by atoms with Gasteiger partial charge in [0.05, 0.1) is 0 Å². The Hall–Kier alpha value is -3.44. The number of pyridine rings is 1. The van der Waals surface area contributed by atoms with Crippen molar-refractivity contribution in [3.8, 4) is 11.5 Å². The molecule has 0 aliphatic carbocycles. The van der Waals surface area contributed by atoms with Gasteiger partial charge in [-0.05, 0) is 38.1 Å². The molecule has 1 aromatic carbocycles. The van der Waals surface area contributed by atoms with E-state index < -0.39 is 6.29 Å². The van der Waals surface area contributed by atoms with Crippen molar-refractivity contribution in [1.29, 1.82) is 0 Å². The maximum absolute atomic E-state index is 13.2. The van der Waals surface area contributed by atoms with Crippen LogP contribution in [0.25, 0.3) is 0 Å². The van der Waals surface area contributed by atoms with E-state index in [-0.39, 0.29) is 40.8 Å². The van der Waals surface area contributed by atoms with Gasteiger partial charge in [-0.2, -0.15) is 0 Å². The number of carbonyl (C=O) groups is 1. The monoisotopic (exact) mass is 466 g/mol. The van der Waals surface area contributed by atoms with Gasteiger partial charge in [0, 0.05) is 29.6 Å². The van der Waals surface area contributed by atoms with Gasteiger partial charge in [-0.25, -0.2) is 15.8 Å². The van der Waals surface area contributed by atoms with Crippen molar-refractivity contribution in [2.45, 2.75) is 20.1 Å². The number of fused-ring (bicyclic) bond motifs is 1. The molecular weight excluding hydrogens is 446 g/mol. The maximum Gasteiger partial charge on any atom is 0.586 e. The fraction of sp³-hybridized carbons (Fsp3) is 0.250. The van der Waals surface area contributed by atoms with Crippen molar-refractivity contribution < 1.29 is 23.0 Å². The fourth-order valence-electron chi connectivity index (χ4n) is 2.88. The molecule has 0 bridgehead atoms. The zero-order chi connectivity index (χ0) is 23.5. The molecule has 0 saturated heterocycles. The summed E-state index contributed by atoms with van der Waals surface area (Å²) >= 11 is 6.07. The molecule has 0 saturated carbocycles. The number of nitrogens with one attached hydrogen (secondary N) is 2. The number of aromatic nitrogens is 1. The van der Waals surface area contributed by atoms with Crippen molar-refractivity contribution in [2.75, 3.05) is 18.4 Å². The molecule has 1 aliphatic rings. The molecule has 32 heavy (non-hydrogen) atoms. The second-order valence-electron chi connectivity index (χ2n) is 6.74. The normalized spacial score (nSPS) is 14.1. The Balaban J connectivity index is 1.86. The molecule has 1 aliphatic heterocycles. The molecular formula is C20H21ClF2N6O3. The highest BCUT2D eigenvalue weighted by molar-refractivity contribution is 6.29. The number of rotatable bonds is 7. The number of hydrazine groups is 1. The Bertz CT molecular complexity index is 1060. The summed E-state index contributed by atoms with van der Waals surface area (Å²) in [7, 11) is 0. The van der Waals surface area contributed by atoms with Crippen molar-refractivity contribution in [1.82, 2.24) is 15.3 Å². The predicted molar refractivity (Wildman–Crippen MR) is 116 cm³/mol. The Labute approximate surface area is 187 Å². The summed E-state index contributed by atoms with van der Waals surface area (Å²) < 4.78 is 35.3. The first-order chi connectivity index (χ1) is 15.1. The number of nitrogens with two attached hydrogens (primary N) is 1. The highest BCUT2D eigenvalue weighted by Crippen LogP contribution is 2.42. The van der Waals surface area contributed by atoms with E-state index in [9.17, 15) is 13.6 Å². The van der Waals surface area contributed by atoms with E-state index in [2.05, 4.69) is 36.7 Å². The van der Waals surface area contributed by atoms with Gasteiger partial charge in [-0.15, -0.1) is 8.78 Å². The molecule has 3 rings (SSSR count). The lowest BCUT2D eigenvalue weighted by Gasteiger charge is -2.21. The molecule has 4 N–H and O–H groups in total. The number of aliphatic imine (C=N–C) groups is 1. The molecule has 0 unspecified atom stereocenters. The molecule has 0 atom stereocenters. The van der Waals surface area contributed by atoms with Crippen LogP contribution in [-0.2, 0) is 4.79 Å². The number of hydrogen-bond acceptors (Lipinski definition) is 7. The zero-order valence-electron chi connectivity index (χ0n) is 17.3. The van der Waals surface area contributed by atoms with Gasteiger partial charge in [-0.3, -0.25) is 9.80 Å². The number of nitrogens with zero attached hydrogens (tertiary/aromatic N) is 3. The molecule has 2 aromatic rings. The molecule has 0 fully saturated rings. The maximum atomic E-state index is 13.2. The third kappa shape index (κ3) is 5.83. The Morgan fingerprint density at radius 2 is 2.03 bits per heavy atom. The first-order valence-electron chi connectivity index (χ1n) is 9.44. The number of ether oxygens (including phenoxy) is 2. The van der Waals surface area contributed by atoms with Crippen LogP contribution in [0.15, 0.2) is 47.7 Å². The largest absolute Gasteiger partial charge is 0.586 e. The Morgan fingerprint density at radius 3 is 2.72 bits per heavy atom. The van der Waals surface area contributed by atoms with Crippen LogP contribution in [0.3, 0.4) is 0 Å². The molecule has 12 heteroatoms. The molecule has 1 amide bonds. The zero-order valence-corrected chi connectivity index (χ0v) is 18.0. The highest BCUT2D eigenvalue weighted by Gasteiger charge is 2.43. The molecule has 0 spiro atoms. The van der Waals surface area contributed by atoms with Crippen molar-refractivity contribution in [3.63, 3.8) is 0 Å². The Kier molecular flexibility index (Phi) is 6.80. The van der Waals surface area contributed by atoms with Gasteiger partial charge in [0.2, 0.25) is 5.91 Å². The molecule has 170 valence electrons. The van der Waals surface area contributed by atoms with Crippen LogP contribution < -0.4 is 25.9 Å². The van der Waals surface area contributed by atoms with Gasteiger partial charge < -0.3 is 20.1 Å². The minimum absolute atomic E-state index is 0.0904. The lowest BCUT2D eigenvalue weighted by Crippen LogP contribution is -2.45. The summed E-state index contributed by atoms with van der Waals surface area (Å²) in [6, 6.07) is 7.37. The van der Waals surface area contributed by atoms with Crippen LogP contribution in [0.2, 0.25) is 5.15 Å². The number of amides is 1. The lowest BCUT2D eigenvalue weighted by molar-refractivity contribution is -0.286.